The Hall–Kier alpha value is -1.34. The quantitative estimate of drug-likeness (QED) is 0.603. The number of nitrogens with zero attached hydrogens (tertiary/aromatic N) is 1. The fraction of sp³-hybridized carbons (Fsp3) is 0.842. The van der Waals surface area contributed by atoms with Crippen molar-refractivity contribution in [1.82, 2.24) is 10.2 Å². The van der Waals surface area contributed by atoms with Crippen LogP contribution >= 0.6 is 12.4 Å². The molecule has 1 aliphatic carbocycles. The number of rotatable bonds is 8. The highest BCUT2D eigenvalue weighted by Gasteiger charge is 2.48. The van der Waals surface area contributed by atoms with Gasteiger partial charge in [0, 0.05) is 6.04 Å². The van der Waals surface area contributed by atoms with Gasteiger partial charge in [-0.2, -0.15) is 0 Å². The van der Waals surface area contributed by atoms with Crippen molar-refractivity contribution in [3.8, 4) is 0 Å². The van der Waals surface area contributed by atoms with Crippen LogP contribution in [-0.4, -0.2) is 58.6 Å². The monoisotopic (exact) mass is 404 g/mol. The topological polar surface area (TPSA) is 95.9 Å². The molecule has 0 bridgehead atoms. The molecule has 0 aromatic heterocycles. The maximum atomic E-state index is 13.1. The summed E-state index contributed by atoms with van der Waals surface area (Å²) in [5, 5.41) is 12.7. The molecule has 0 radical (unpaired) electrons. The Labute approximate surface area is 167 Å². The van der Waals surface area contributed by atoms with Crippen LogP contribution in [0.5, 0.6) is 0 Å². The van der Waals surface area contributed by atoms with Gasteiger partial charge < -0.3 is 14.7 Å². The van der Waals surface area contributed by atoms with Gasteiger partial charge in [-0.25, -0.2) is 4.79 Å². The second kappa shape index (κ2) is 10.9. The second-order valence-corrected chi connectivity index (χ2v) is 7.43. The molecule has 1 amide bonds. The van der Waals surface area contributed by atoms with Gasteiger partial charge in [0.2, 0.25) is 5.91 Å². The van der Waals surface area contributed by atoms with Crippen molar-refractivity contribution in [3.63, 3.8) is 0 Å². The Morgan fingerprint density at radius 3 is 2.48 bits per heavy atom. The van der Waals surface area contributed by atoms with E-state index in [1.165, 1.54) is 0 Å². The van der Waals surface area contributed by atoms with Gasteiger partial charge in [-0.15, -0.1) is 12.4 Å². The summed E-state index contributed by atoms with van der Waals surface area (Å²) in [7, 11) is 0. The van der Waals surface area contributed by atoms with E-state index in [1.54, 1.807) is 18.7 Å². The Morgan fingerprint density at radius 2 is 1.89 bits per heavy atom. The number of nitrogens with one attached hydrogen (secondary N) is 1. The molecule has 1 saturated carbocycles. The van der Waals surface area contributed by atoms with Crippen molar-refractivity contribution in [2.75, 3.05) is 6.61 Å². The van der Waals surface area contributed by atoms with Crippen LogP contribution in [0.2, 0.25) is 0 Å². The van der Waals surface area contributed by atoms with Gasteiger partial charge in [-0.05, 0) is 45.4 Å². The minimum Gasteiger partial charge on any atom is -0.480 e. The van der Waals surface area contributed by atoms with Gasteiger partial charge in [0.05, 0.1) is 12.6 Å². The molecule has 2 fully saturated rings. The molecule has 5 atom stereocenters. The number of carboxylic acid groups (broad SMARTS) is 1. The summed E-state index contributed by atoms with van der Waals surface area (Å²) in [5.74, 6) is -1.24. The maximum absolute atomic E-state index is 13.1. The molecular formula is C19H33ClN2O5. The number of fused-ring (bicyclic) bond motifs is 1. The van der Waals surface area contributed by atoms with E-state index in [9.17, 15) is 19.5 Å². The molecule has 1 aliphatic heterocycles. The minimum absolute atomic E-state index is 0. The van der Waals surface area contributed by atoms with Gasteiger partial charge in [0.15, 0.2) is 0 Å². The first kappa shape index (κ1) is 23.7. The van der Waals surface area contributed by atoms with Crippen LogP contribution in [-0.2, 0) is 19.1 Å². The zero-order valence-corrected chi connectivity index (χ0v) is 17.3. The van der Waals surface area contributed by atoms with Crippen molar-refractivity contribution in [1.29, 1.82) is 0 Å². The lowest BCUT2D eigenvalue weighted by Gasteiger charge is -2.35. The van der Waals surface area contributed by atoms with Gasteiger partial charge in [0.1, 0.15) is 12.1 Å². The van der Waals surface area contributed by atoms with Crippen LogP contribution in [0.4, 0.5) is 0 Å². The largest absolute Gasteiger partial charge is 0.480 e. The highest BCUT2D eigenvalue weighted by Crippen LogP contribution is 2.40. The van der Waals surface area contributed by atoms with Crippen LogP contribution in [0.15, 0.2) is 0 Å². The third-order valence-corrected chi connectivity index (χ3v) is 5.60. The SMILES string of the molecule is CCC[C@H](N[C@@H](C)C(=O)N1[C@@H](C(=O)O)C[C@@H]2CCCC[C@@H]21)C(=O)OCC.Cl. The van der Waals surface area contributed by atoms with Gasteiger partial charge in [-0.1, -0.05) is 26.2 Å². The third kappa shape index (κ3) is 5.57. The molecule has 156 valence electrons. The highest BCUT2D eigenvalue weighted by atomic mass is 35.5. The molecule has 8 heteroatoms. The standard InChI is InChI=1S/C19H32N2O5.ClH/c1-4-8-14(19(25)26-5-2)20-12(3)17(22)21-15-10-7-6-9-13(15)11-16(21)18(23)24;/h12-16,20H,4-11H2,1-3H3,(H,23,24);1H/t12-,13-,14-,15-,16+;/m0./s1. The molecule has 7 nitrogen and oxygen atoms in total. The predicted molar refractivity (Wildman–Crippen MR) is 104 cm³/mol. The van der Waals surface area contributed by atoms with E-state index >= 15 is 0 Å². The van der Waals surface area contributed by atoms with E-state index in [1.807, 2.05) is 6.92 Å². The number of hydrogen-bond acceptors (Lipinski definition) is 5. The van der Waals surface area contributed by atoms with E-state index in [4.69, 9.17) is 4.74 Å². The molecule has 27 heavy (non-hydrogen) atoms. The first-order valence-electron chi connectivity index (χ1n) is 9.88. The highest BCUT2D eigenvalue weighted by molar-refractivity contribution is 5.88. The van der Waals surface area contributed by atoms with Gasteiger partial charge >= 0.3 is 11.9 Å². The van der Waals surface area contributed by atoms with Crippen LogP contribution in [0.3, 0.4) is 0 Å². The fourth-order valence-electron chi connectivity index (χ4n) is 4.39. The zero-order chi connectivity index (χ0) is 19.3. The summed E-state index contributed by atoms with van der Waals surface area (Å²) in [6.07, 6.45) is 5.87. The number of amides is 1. The number of hydrogen-bond donors (Lipinski definition) is 2. The second-order valence-electron chi connectivity index (χ2n) is 7.43. The first-order valence-corrected chi connectivity index (χ1v) is 9.88. The third-order valence-electron chi connectivity index (χ3n) is 5.60. The molecule has 2 aliphatic rings. The van der Waals surface area contributed by atoms with Crippen molar-refractivity contribution in [2.24, 2.45) is 5.92 Å². The number of aliphatic carboxylic acids is 1. The summed E-state index contributed by atoms with van der Waals surface area (Å²) >= 11 is 0. The number of esters is 1. The van der Waals surface area contributed by atoms with E-state index in [0.29, 0.717) is 19.4 Å². The van der Waals surface area contributed by atoms with Crippen molar-refractivity contribution < 1.29 is 24.2 Å². The molecule has 0 aromatic carbocycles. The fourth-order valence-corrected chi connectivity index (χ4v) is 4.39. The maximum Gasteiger partial charge on any atom is 0.326 e. The Bertz CT molecular complexity index is 530. The number of carboxylic acids is 1. The molecule has 1 saturated heterocycles. The Kier molecular flexibility index (Phi) is 9.53. The summed E-state index contributed by atoms with van der Waals surface area (Å²) < 4.78 is 5.09. The van der Waals surface area contributed by atoms with Crippen LogP contribution < -0.4 is 5.32 Å². The number of likely N-dealkylation sites (tertiary alicyclic amines) is 1. The number of carbonyl (C=O) groups is 3. The van der Waals surface area contributed by atoms with Gasteiger partial charge in [-0.3, -0.25) is 14.9 Å². The first-order chi connectivity index (χ1) is 12.4. The van der Waals surface area contributed by atoms with Crippen molar-refractivity contribution in [3.05, 3.63) is 0 Å². The van der Waals surface area contributed by atoms with Crippen molar-refractivity contribution >= 4 is 30.3 Å². The minimum atomic E-state index is -0.935. The van der Waals surface area contributed by atoms with Crippen molar-refractivity contribution in [2.45, 2.75) is 89.9 Å². The number of carbonyl (C=O) groups excluding carboxylic acids is 2. The van der Waals surface area contributed by atoms with E-state index in [2.05, 4.69) is 5.32 Å². The molecular weight excluding hydrogens is 372 g/mol. The zero-order valence-electron chi connectivity index (χ0n) is 16.5. The van der Waals surface area contributed by atoms with E-state index in [-0.39, 0.29) is 36.2 Å². The molecule has 0 spiro atoms. The summed E-state index contributed by atoms with van der Waals surface area (Å²) in [4.78, 5) is 38.5. The van der Waals surface area contributed by atoms with Crippen LogP contribution in [0.1, 0.15) is 65.7 Å². The van der Waals surface area contributed by atoms with Gasteiger partial charge in [0.25, 0.3) is 0 Å². The predicted octanol–water partition coefficient (Wildman–Crippen LogP) is 2.36. The molecule has 0 unspecified atom stereocenters. The number of halogens is 1. The lowest BCUT2D eigenvalue weighted by molar-refractivity contribution is -0.152. The lowest BCUT2D eigenvalue weighted by atomic mass is 9.84. The van der Waals surface area contributed by atoms with Crippen LogP contribution in [0, 0.1) is 5.92 Å². The average molecular weight is 405 g/mol. The molecule has 2 rings (SSSR count). The molecule has 2 N–H and O–H groups in total. The lowest BCUT2D eigenvalue weighted by Crippen LogP contribution is -2.55. The van der Waals surface area contributed by atoms with E-state index < -0.39 is 24.1 Å². The smallest absolute Gasteiger partial charge is 0.326 e. The summed E-state index contributed by atoms with van der Waals surface area (Å²) in [6.45, 7) is 5.72. The van der Waals surface area contributed by atoms with E-state index in [0.717, 1.165) is 32.1 Å². The number of ether oxygens (including phenoxy) is 1. The summed E-state index contributed by atoms with van der Waals surface area (Å²) in [6, 6.07) is -1.92. The average Bonchev–Trinajstić information content (AvgIpc) is 3.00. The Balaban J connectivity index is 0.00000364. The van der Waals surface area contributed by atoms with Crippen LogP contribution in [0.25, 0.3) is 0 Å². The molecule has 0 aromatic rings. The summed E-state index contributed by atoms with van der Waals surface area (Å²) in [5.41, 5.74) is 0. The Morgan fingerprint density at radius 1 is 1.22 bits per heavy atom. The molecule has 1 heterocycles. The normalized spacial score (nSPS) is 26.5.